The van der Waals surface area contributed by atoms with Crippen LogP contribution in [-0.4, -0.2) is 30.4 Å². The van der Waals surface area contributed by atoms with Crippen LogP contribution in [-0.2, 0) is 11.3 Å². The maximum absolute atomic E-state index is 12.3. The van der Waals surface area contributed by atoms with E-state index in [1.54, 1.807) is 0 Å². The highest BCUT2D eigenvalue weighted by atomic mass is 16.2. The van der Waals surface area contributed by atoms with Gasteiger partial charge in [0.15, 0.2) is 0 Å². The van der Waals surface area contributed by atoms with Crippen molar-refractivity contribution in [3.63, 3.8) is 0 Å². The number of carbonyl (C=O) groups is 1. The molecule has 0 bridgehead atoms. The predicted octanol–water partition coefficient (Wildman–Crippen LogP) is 2.10. The predicted molar refractivity (Wildman–Crippen MR) is 73.3 cm³/mol. The molecule has 1 saturated heterocycles. The van der Waals surface area contributed by atoms with Gasteiger partial charge >= 0.3 is 0 Å². The van der Waals surface area contributed by atoms with E-state index in [0.717, 1.165) is 19.4 Å². The van der Waals surface area contributed by atoms with Crippen molar-refractivity contribution in [3.05, 3.63) is 35.4 Å². The van der Waals surface area contributed by atoms with Gasteiger partial charge in [-0.3, -0.25) is 4.79 Å². The van der Waals surface area contributed by atoms with Crippen molar-refractivity contribution in [1.82, 2.24) is 10.2 Å². The molecule has 1 heterocycles. The molecule has 1 amide bonds. The van der Waals surface area contributed by atoms with Gasteiger partial charge in [0.1, 0.15) is 0 Å². The lowest BCUT2D eigenvalue weighted by Gasteiger charge is -2.27. The molecule has 0 radical (unpaired) electrons. The number of hydrogen-bond acceptors (Lipinski definition) is 2. The fourth-order valence-corrected chi connectivity index (χ4v) is 2.45. The van der Waals surface area contributed by atoms with E-state index in [1.165, 1.54) is 17.5 Å². The fraction of sp³-hybridized carbons (Fsp3) is 0.533. The lowest BCUT2D eigenvalue weighted by atomic mass is 10.0. The van der Waals surface area contributed by atoms with E-state index in [0.29, 0.717) is 6.54 Å². The van der Waals surface area contributed by atoms with Gasteiger partial charge in [-0.25, -0.2) is 0 Å². The summed E-state index contributed by atoms with van der Waals surface area (Å²) in [4.78, 5) is 14.1. The Bertz CT molecular complexity index is 411. The van der Waals surface area contributed by atoms with Gasteiger partial charge in [0.25, 0.3) is 0 Å². The third-order valence-corrected chi connectivity index (χ3v) is 3.65. The van der Waals surface area contributed by atoms with Crippen LogP contribution < -0.4 is 5.32 Å². The Morgan fingerprint density at radius 2 is 2.17 bits per heavy atom. The average molecular weight is 246 g/mol. The van der Waals surface area contributed by atoms with Crippen LogP contribution in [0.5, 0.6) is 0 Å². The lowest BCUT2D eigenvalue weighted by molar-refractivity contribution is -0.133. The minimum absolute atomic E-state index is 0.0211. The molecule has 3 heteroatoms. The van der Waals surface area contributed by atoms with E-state index in [4.69, 9.17) is 0 Å². The van der Waals surface area contributed by atoms with Crippen molar-refractivity contribution in [1.29, 1.82) is 0 Å². The van der Waals surface area contributed by atoms with Crippen molar-refractivity contribution in [2.24, 2.45) is 0 Å². The van der Waals surface area contributed by atoms with E-state index >= 15 is 0 Å². The molecule has 1 aromatic rings. The number of likely N-dealkylation sites (N-methyl/N-ethyl adjacent to an activating group) is 1. The molecule has 2 rings (SSSR count). The highest BCUT2D eigenvalue weighted by Crippen LogP contribution is 2.13. The molecule has 1 aliphatic heterocycles. The van der Waals surface area contributed by atoms with Crippen LogP contribution in [0.25, 0.3) is 0 Å². The van der Waals surface area contributed by atoms with E-state index in [1.807, 2.05) is 24.1 Å². The second kappa shape index (κ2) is 6.01. The number of piperidine rings is 1. The van der Waals surface area contributed by atoms with Gasteiger partial charge in [-0.1, -0.05) is 30.7 Å². The second-order valence-electron chi connectivity index (χ2n) is 5.12. The third kappa shape index (κ3) is 3.10. The largest absolute Gasteiger partial charge is 0.340 e. The number of nitrogens with one attached hydrogen (secondary N) is 1. The molecule has 0 unspecified atom stereocenters. The Morgan fingerprint density at radius 1 is 1.39 bits per heavy atom. The zero-order valence-corrected chi connectivity index (χ0v) is 11.3. The summed E-state index contributed by atoms with van der Waals surface area (Å²) in [5, 5.41) is 3.31. The molecule has 0 aliphatic carbocycles. The molecule has 1 N–H and O–H groups in total. The Kier molecular flexibility index (Phi) is 4.37. The maximum Gasteiger partial charge on any atom is 0.239 e. The number of nitrogens with zero attached hydrogens (tertiary/aromatic N) is 1. The minimum Gasteiger partial charge on any atom is -0.340 e. The molecule has 1 aliphatic rings. The maximum atomic E-state index is 12.3. The fourth-order valence-electron chi connectivity index (χ4n) is 2.45. The van der Waals surface area contributed by atoms with Gasteiger partial charge in [-0.15, -0.1) is 0 Å². The van der Waals surface area contributed by atoms with E-state index < -0.39 is 0 Å². The van der Waals surface area contributed by atoms with Crippen molar-refractivity contribution in [2.45, 2.75) is 38.8 Å². The van der Waals surface area contributed by atoms with Crippen LogP contribution >= 0.6 is 0 Å². The topological polar surface area (TPSA) is 32.3 Å². The lowest BCUT2D eigenvalue weighted by Crippen LogP contribution is -2.47. The summed E-state index contributed by atoms with van der Waals surface area (Å²) in [6.45, 7) is 3.75. The zero-order valence-electron chi connectivity index (χ0n) is 11.3. The summed E-state index contributed by atoms with van der Waals surface area (Å²) in [7, 11) is 1.89. The van der Waals surface area contributed by atoms with E-state index in [9.17, 15) is 4.79 Å². The van der Waals surface area contributed by atoms with Crippen molar-refractivity contribution >= 4 is 5.91 Å². The molecule has 1 atom stereocenters. The van der Waals surface area contributed by atoms with Gasteiger partial charge in [0.2, 0.25) is 5.91 Å². The quantitative estimate of drug-likeness (QED) is 0.885. The molecule has 1 aromatic carbocycles. The van der Waals surface area contributed by atoms with Crippen LogP contribution in [0.4, 0.5) is 0 Å². The number of amides is 1. The molecule has 18 heavy (non-hydrogen) atoms. The van der Waals surface area contributed by atoms with Crippen molar-refractivity contribution < 1.29 is 4.79 Å². The number of benzene rings is 1. The van der Waals surface area contributed by atoms with Crippen molar-refractivity contribution in [3.8, 4) is 0 Å². The van der Waals surface area contributed by atoms with Gasteiger partial charge in [0, 0.05) is 13.6 Å². The highest BCUT2D eigenvalue weighted by Gasteiger charge is 2.23. The monoisotopic (exact) mass is 246 g/mol. The molecule has 0 spiro atoms. The molecule has 0 aromatic heterocycles. The summed E-state index contributed by atoms with van der Waals surface area (Å²) in [5.41, 5.74) is 2.47. The summed E-state index contributed by atoms with van der Waals surface area (Å²) < 4.78 is 0. The van der Waals surface area contributed by atoms with Crippen LogP contribution in [0.2, 0.25) is 0 Å². The normalized spacial score (nSPS) is 19.6. The van der Waals surface area contributed by atoms with Crippen LogP contribution in [0.15, 0.2) is 24.3 Å². The first-order valence-electron chi connectivity index (χ1n) is 6.71. The Morgan fingerprint density at radius 3 is 2.83 bits per heavy atom. The first-order chi connectivity index (χ1) is 8.68. The molecule has 0 saturated carbocycles. The molecule has 3 nitrogen and oxygen atoms in total. The van der Waals surface area contributed by atoms with E-state index in [-0.39, 0.29) is 11.9 Å². The summed E-state index contributed by atoms with van der Waals surface area (Å²) in [6, 6.07) is 8.26. The summed E-state index contributed by atoms with van der Waals surface area (Å²) in [6.07, 6.45) is 3.31. The number of carbonyl (C=O) groups excluding carboxylic acids is 1. The van der Waals surface area contributed by atoms with Crippen LogP contribution in [0.3, 0.4) is 0 Å². The minimum atomic E-state index is 0.0211. The van der Waals surface area contributed by atoms with E-state index in [2.05, 4.69) is 24.4 Å². The standard InChI is InChI=1S/C15H22N2O/c1-12-7-3-4-8-13(12)11-17(2)15(18)14-9-5-6-10-16-14/h3-4,7-8,14,16H,5-6,9-11H2,1-2H3/t14-/m1/s1. The molecular formula is C15H22N2O. The second-order valence-corrected chi connectivity index (χ2v) is 5.12. The first-order valence-corrected chi connectivity index (χ1v) is 6.71. The van der Waals surface area contributed by atoms with Crippen LogP contribution in [0, 0.1) is 6.92 Å². The van der Waals surface area contributed by atoms with Gasteiger partial charge in [0.05, 0.1) is 6.04 Å². The highest BCUT2D eigenvalue weighted by molar-refractivity contribution is 5.81. The van der Waals surface area contributed by atoms with Crippen molar-refractivity contribution in [2.75, 3.05) is 13.6 Å². The van der Waals surface area contributed by atoms with Gasteiger partial charge in [-0.05, 0) is 37.4 Å². The number of hydrogen-bond donors (Lipinski definition) is 1. The van der Waals surface area contributed by atoms with Gasteiger partial charge < -0.3 is 10.2 Å². The number of aryl methyl sites for hydroxylation is 1. The van der Waals surface area contributed by atoms with Crippen LogP contribution in [0.1, 0.15) is 30.4 Å². The summed E-state index contributed by atoms with van der Waals surface area (Å²) in [5.74, 6) is 0.220. The average Bonchev–Trinajstić information content (AvgIpc) is 2.41. The Balaban J connectivity index is 1.96. The zero-order chi connectivity index (χ0) is 13.0. The summed E-state index contributed by atoms with van der Waals surface area (Å²) >= 11 is 0. The Labute approximate surface area is 109 Å². The smallest absolute Gasteiger partial charge is 0.239 e. The molecular weight excluding hydrogens is 224 g/mol. The SMILES string of the molecule is Cc1ccccc1CN(C)C(=O)[C@H]1CCCCN1. The third-order valence-electron chi connectivity index (χ3n) is 3.65. The Hall–Kier alpha value is -1.35. The first kappa shape index (κ1) is 13.1. The number of rotatable bonds is 3. The molecule has 1 fully saturated rings. The molecule has 98 valence electrons. The van der Waals surface area contributed by atoms with Gasteiger partial charge in [-0.2, -0.15) is 0 Å².